The van der Waals surface area contributed by atoms with Crippen molar-refractivity contribution in [1.82, 2.24) is 4.98 Å². The summed E-state index contributed by atoms with van der Waals surface area (Å²) < 4.78 is 31.6. The molecule has 0 fully saturated rings. The summed E-state index contributed by atoms with van der Waals surface area (Å²) in [7, 11) is -3.67. The predicted octanol–water partition coefficient (Wildman–Crippen LogP) is 5.07. The van der Waals surface area contributed by atoms with Gasteiger partial charge >= 0.3 is 6.09 Å². The van der Waals surface area contributed by atoms with Gasteiger partial charge in [-0.2, -0.15) is 0 Å². The Morgan fingerprint density at radius 2 is 1.72 bits per heavy atom. The third kappa shape index (κ3) is 4.15. The molecule has 6 nitrogen and oxygen atoms in total. The van der Waals surface area contributed by atoms with Crippen molar-refractivity contribution in [3.05, 3.63) is 54.2 Å². The number of H-pyrrole nitrogens is 1. The first-order valence-electron chi connectivity index (χ1n) is 9.47. The van der Waals surface area contributed by atoms with Crippen molar-refractivity contribution in [3.8, 4) is 0 Å². The van der Waals surface area contributed by atoms with E-state index in [1.54, 1.807) is 48.5 Å². The lowest BCUT2D eigenvalue weighted by atomic mass is 10.2. The van der Waals surface area contributed by atoms with Crippen LogP contribution in [0.1, 0.15) is 33.4 Å². The monoisotopic (exact) mass is 414 g/mol. The van der Waals surface area contributed by atoms with Gasteiger partial charge in [0.1, 0.15) is 5.60 Å². The number of sulfone groups is 1. The highest BCUT2D eigenvalue weighted by Crippen LogP contribution is 2.34. The number of aromatic nitrogens is 1. The first-order chi connectivity index (χ1) is 13.5. The van der Waals surface area contributed by atoms with E-state index in [9.17, 15) is 13.2 Å². The van der Waals surface area contributed by atoms with Crippen LogP contribution in [-0.4, -0.2) is 31.6 Å². The fraction of sp³-hybridized carbons (Fsp3) is 0.318. The Balaban J connectivity index is 2.13. The van der Waals surface area contributed by atoms with Gasteiger partial charge in [-0.05, 0) is 65.0 Å². The number of hydrogen-bond donors (Lipinski definition) is 1. The molecule has 0 aliphatic carbocycles. The first-order valence-corrected chi connectivity index (χ1v) is 11.0. The molecule has 0 unspecified atom stereocenters. The molecule has 0 saturated carbocycles. The molecule has 1 N–H and O–H groups in total. The molecule has 2 aromatic carbocycles. The van der Waals surface area contributed by atoms with Crippen LogP contribution in [0.2, 0.25) is 0 Å². The van der Waals surface area contributed by atoms with Gasteiger partial charge in [-0.1, -0.05) is 18.2 Å². The molecule has 29 heavy (non-hydrogen) atoms. The largest absolute Gasteiger partial charge is 0.443 e. The second-order valence-corrected chi connectivity index (χ2v) is 9.80. The van der Waals surface area contributed by atoms with E-state index in [2.05, 4.69) is 4.98 Å². The van der Waals surface area contributed by atoms with Crippen LogP contribution in [-0.2, 0) is 14.6 Å². The van der Waals surface area contributed by atoms with Gasteiger partial charge in [0.15, 0.2) is 0 Å². The minimum absolute atomic E-state index is 0.177. The first kappa shape index (κ1) is 20.9. The maximum atomic E-state index is 13.0. The van der Waals surface area contributed by atoms with Crippen molar-refractivity contribution in [2.75, 3.05) is 11.4 Å². The highest BCUT2D eigenvalue weighted by atomic mass is 32.2. The topological polar surface area (TPSA) is 79.5 Å². The van der Waals surface area contributed by atoms with E-state index in [-0.39, 0.29) is 9.79 Å². The van der Waals surface area contributed by atoms with Gasteiger partial charge in [0.25, 0.3) is 0 Å². The van der Waals surface area contributed by atoms with Gasteiger partial charge in [-0.15, -0.1) is 0 Å². The van der Waals surface area contributed by atoms with Crippen molar-refractivity contribution < 1.29 is 17.9 Å². The minimum Gasteiger partial charge on any atom is -0.443 e. The van der Waals surface area contributed by atoms with Gasteiger partial charge in [-0.25, -0.2) is 13.2 Å². The lowest BCUT2D eigenvalue weighted by Crippen LogP contribution is -2.37. The van der Waals surface area contributed by atoms with E-state index in [0.717, 1.165) is 11.2 Å². The Morgan fingerprint density at radius 3 is 2.31 bits per heavy atom. The van der Waals surface area contributed by atoms with Crippen LogP contribution in [0.4, 0.5) is 10.5 Å². The Bertz CT molecular complexity index is 1140. The summed E-state index contributed by atoms with van der Waals surface area (Å²) in [5.74, 6) is 0. The molecular weight excluding hydrogens is 388 g/mol. The number of anilines is 1. The number of nitrogens with zero attached hydrogens (tertiary/aromatic N) is 1. The number of fused-ring (bicyclic) bond motifs is 1. The lowest BCUT2D eigenvalue weighted by molar-refractivity contribution is 0.0582. The summed E-state index contributed by atoms with van der Waals surface area (Å²) in [5.41, 5.74) is 1.52. The zero-order chi connectivity index (χ0) is 21.4. The van der Waals surface area contributed by atoms with Crippen LogP contribution < -0.4 is 4.90 Å². The van der Waals surface area contributed by atoms with Gasteiger partial charge in [0, 0.05) is 23.1 Å². The summed E-state index contributed by atoms with van der Waals surface area (Å²) in [5, 5.41) is 0.659. The zero-order valence-corrected chi connectivity index (χ0v) is 18.1. The smallest absolute Gasteiger partial charge is 0.414 e. The number of benzene rings is 2. The third-order valence-electron chi connectivity index (χ3n) is 4.49. The van der Waals surface area contributed by atoms with Crippen LogP contribution in [0, 0.1) is 6.92 Å². The van der Waals surface area contributed by atoms with Gasteiger partial charge in [-0.3, -0.25) is 4.90 Å². The normalized spacial score (nSPS) is 12.2. The summed E-state index contributed by atoms with van der Waals surface area (Å²) >= 11 is 0. The van der Waals surface area contributed by atoms with Crippen molar-refractivity contribution in [3.63, 3.8) is 0 Å². The molecule has 0 radical (unpaired) electrons. The van der Waals surface area contributed by atoms with E-state index in [0.29, 0.717) is 17.6 Å². The van der Waals surface area contributed by atoms with E-state index < -0.39 is 21.5 Å². The zero-order valence-electron chi connectivity index (χ0n) is 17.3. The number of nitrogens with one attached hydrogen (secondary N) is 1. The molecule has 3 rings (SSSR count). The van der Waals surface area contributed by atoms with Crippen molar-refractivity contribution >= 4 is 32.5 Å². The van der Waals surface area contributed by atoms with Gasteiger partial charge in [0.2, 0.25) is 9.84 Å². The maximum Gasteiger partial charge on any atom is 0.414 e. The molecule has 0 atom stereocenters. The highest BCUT2D eigenvalue weighted by molar-refractivity contribution is 7.91. The van der Waals surface area contributed by atoms with Crippen LogP contribution in [0.25, 0.3) is 10.9 Å². The number of ether oxygens (including phenoxy) is 1. The molecule has 3 aromatic rings. The molecule has 7 heteroatoms. The fourth-order valence-electron chi connectivity index (χ4n) is 3.24. The predicted molar refractivity (Wildman–Crippen MR) is 114 cm³/mol. The second-order valence-electron chi connectivity index (χ2n) is 7.85. The Kier molecular flexibility index (Phi) is 5.45. The summed E-state index contributed by atoms with van der Waals surface area (Å²) in [6.07, 6.45) is -0.472. The van der Waals surface area contributed by atoms with E-state index in [4.69, 9.17) is 4.74 Å². The van der Waals surface area contributed by atoms with E-state index in [1.165, 1.54) is 4.90 Å². The molecule has 0 aliphatic heterocycles. The number of carbonyl (C=O) groups excluding carboxylic acids is 1. The van der Waals surface area contributed by atoms with Gasteiger partial charge < -0.3 is 9.72 Å². The average Bonchev–Trinajstić information content (AvgIpc) is 2.97. The number of aromatic amines is 1. The molecule has 1 aromatic heterocycles. The molecule has 1 heterocycles. The Morgan fingerprint density at radius 1 is 1.07 bits per heavy atom. The lowest BCUT2D eigenvalue weighted by Gasteiger charge is -2.26. The van der Waals surface area contributed by atoms with Crippen molar-refractivity contribution in [2.45, 2.75) is 50.0 Å². The van der Waals surface area contributed by atoms with Crippen molar-refractivity contribution in [1.29, 1.82) is 0 Å². The van der Waals surface area contributed by atoms with E-state index in [1.807, 2.05) is 34.6 Å². The number of amides is 1. The van der Waals surface area contributed by atoms with Crippen LogP contribution in [0.3, 0.4) is 0 Å². The summed E-state index contributed by atoms with van der Waals surface area (Å²) in [6.45, 7) is 9.53. The van der Waals surface area contributed by atoms with Crippen molar-refractivity contribution in [2.24, 2.45) is 0 Å². The molecule has 0 bridgehead atoms. The minimum atomic E-state index is -3.67. The molecule has 1 amide bonds. The fourth-order valence-corrected chi connectivity index (χ4v) is 4.55. The Labute approximate surface area is 171 Å². The standard InChI is InChI=1S/C22H26N2O4S/c1-6-24(21(25)28-22(3,4)5)20-15(2)23-19-13-12-17(14-18(19)20)29(26,27)16-10-8-7-9-11-16/h7-14,23H,6H2,1-5H3. The molecule has 0 aliphatic rings. The molecule has 0 spiro atoms. The number of carbonyl (C=O) groups is 1. The van der Waals surface area contributed by atoms with E-state index >= 15 is 0 Å². The number of rotatable bonds is 4. The summed E-state index contributed by atoms with van der Waals surface area (Å²) in [6, 6.07) is 13.2. The van der Waals surface area contributed by atoms with Gasteiger partial charge in [0.05, 0.1) is 15.5 Å². The van der Waals surface area contributed by atoms with Crippen LogP contribution in [0.5, 0.6) is 0 Å². The SMILES string of the molecule is CCN(C(=O)OC(C)(C)C)c1c(C)[nH]c2ccc(S(=O)(=O)c3ccccc3)cc12. The molecule has 0 saturated heterocycles. The Hall–Kier alpha value is -2.80. The van der Waals surface area contributed by atoms with Crippen LogP contribution >= 0.6 is 0 Å². The average molecular weight is 415 g/mol. The second kappa shape index (κ2) is 7.55. The quantitative estimate of drug-likeness (QED) is 0.646. The molecule has 154 valence electrons. The third-order valence-corrected chi connectivity index (χ3v) is 6.25. The molecular formula is C22H26N2O4S. The van der Waals surface area contributed by atoms with Crippen LogP contribution in [0.15, 0.2) is 58.3 Å². The number of aryl methyl sites for hydroxylation is 1. The maximum absolute atomic E-state index is 13.0. The highest BCUT2D eigenvalue weighted by Gasteiger charge is 2.27. The summed E-state index contributed by atoms with van der Waals surface area (Å²) in [4.78, 5) is 17.9. The number of hydrogen-bond acceptors (Lipinski definition) is 4.